The van der Waals surface area contributed by atoms with E-state index in [9.17, 15) is 4.79 Å². The van der Waals surface area contributed by atoms with Gasteiger partial charge >= 0.3 is 0 Å². The summed E-state index contributed by atoms with van der Waals surface area (Å²) in [4.78, 5) is 18.6. The number of carbonyl (C=O) groups is 1. The molecule has 0 unspecified atom stereocenters. The van der Waals surface area contributed by atoms with Crippen LogP contribution in [0.15, 0.2) is 47.5 Å². The molecule has 1 saturated heterocycles. The van der Waals surface area contributed by atoms with Crippen molar-refractivity contribution in [3.05, 3.63) is 48.0 Å². The molecule has 164 valence electrons. The molecule has 2 aromatic carbocycles. The van der Waals surface area contributed by atoms with Crippen molar-refractivity contribution < 1.29 is 4.79 Å². The van der Waals surface area contributed by atoms with Crippen LogP contribution in [0.1, 0.15) is 25.3 Å². The Balaban J connectivity index is 0.00000320. The molecule has 0 atom stereocenters. The number of hydrogen-bond donors (Lipinski definition) is 3. The maximum absolute atomic E-state index is 11.5. The van der Waals surface area contributed by atoms with E-state index >= 15 is 0 Å². The summed E-state index contributed by atoms with van der Waals surface area (Å²) >= 11 is 0. The van der Waals surface area contributed by atoms with E-state index < -0.39 is 0 Å². The zero-order valence-corrected chi connectivity index (χ0v) is 20.3. The number of nitrogens with zero attached hydrogens (tertiary/aromatic N) is 2. The van der Waals surface area contributed by atoms with Crippen LogP contribution in [0.4, 0.5) is 0 Å². The first-order chi connectivity index (χ1) is 14.2. The molecule has 1 heterocycles. The fourth-order valence-corrected chi connectivity index (χ4v) is 3.83. The molecule has 3 rings (SSSR count). The average molecular weight is 523 g/mol. The summed E-state index contributed by atoms with van der Waals surface area (Å²) in [5.41, 5.74) is 1.34. The van der Waals surface area contributed by atoms with E-state index in [1.54, 1.807) is 7.05 Å². The highest BCUT2D eigenvalue weighted by Crippen LogP contribution is 2.18. The van der Waals surface area contributed by atoms with Gasteiger partial charge < -0.3 is 16.0 Å². The average Bonchev–Trinajstić information content (AvgIpc) is 2.75. The number of likely N-dealkylation sites (tertiary alicyclic amines) is 1. The molecule has 1 aliphatic heterocycles. The van der Waals surface area contributed by atoms with Crippen LogP contribution in [0.2, 0.25) is 0 Å². The van der Waals surface area contributed by atoms with E-state index in [1.807, 2.05) is 0 Å². The predicted molar refractivity (Wildman–Crippen MR) is 136 cm³/mol. The molecule has 3 N–H and O–H groups in total. The summed E-state index contributed by atoms with van der Waals surface area (Å²) in [6.45, 7) is 6.03. The number of nitrogens with one attached hydrogen (secondary N) is 3. The molecule has 1 amide bonds. The summed E-state index contributed by atoms with van der Waals surface area (Å²) in [6, 6.07) is 15.4. The minimum Gasteiger partial charge on any atom is -0.358 e. The van der Waals surface area contributed by atoms with Crippen molar-refractivity contribution in [3.63, 3.8) is 0 Å². The lowest BCUT2D eigenvalue weighted by Gasteiger charge is -2.32. The van der Waals surface area contributed by atoms with E-state index in [4.69, 9.17) is 4.99 Å². The van der Waals surface area contributed by atoms with Crippen LogP contribution in [0.25, 0.3) is 10.8 Å². The molecule has 0 spiro atoms. The number of likely N-dealkylation sites (N-methyl/N-ethyl adjacent to an activating group) is 1. The number of amides is 1. The zero-order chi connectivity index (χ0) is 20.5. The molecule has 6 nitrogen and oxygen atoms in total. The number of hydrogen-bond acceptors (Lipinski definition) is 3. The topological polar surface area (TPSA) is 68.8 Å². The van der Waals surface area contributed by atoms with Gasteiger partial charge in [0.1, 0.15) is 0 Å². The van der Waals surface area contributed by atoms with Crippen LogP contribution >= 0.6 is 24.0 Å². The zero-order valence-electron chi connectivity index (χ0n) is 18.0. The molecular formula is C23H34IN5O. The highest BCUT2D eigenvalue weighted by molar-refractivity contribution is 14.0. The lowest BCUT2D eigenvalue weighted by molar-refractivity contribution is -0.122. The first-order valence-corrected chi connectivity index (χ1v) is 10.6. The molecule has 7 heteroatoms. The number of guanidine groups is 1. The largest absolute Gasteiger partial charge is 0.358 e. The summed E-state index contributed by atoms with van der Waals surface area (Å²) in [6.07, 6.45) is 2.96. The van der Waals surface area contributed by atoms with Gasteiger partial charge in [0.05, 0.1) is 6.54 Å². The predicted octanol–water partition coefficient (Wildman–Crippen LogP) is 2.77. The molecule has 0 aliphatic carbocycles. The third kappa shape index (κ3) is 7.12. The molecule has 0 aromatic heterocycles. The molecule has 30 heavy (non-hydrogen) atoms. The third-order valence-corrected chi connectivity index (χ3v) is 5.45. The van der Waals surface area contributed by atoms with Crippen molar-refractivity contribution in [2.24, 2.45) is 4.99 Å². The molecule has 0 saturated carbocycles. The molecule has 2 aromatic rings. The highest BCUT2D eigenvalue weighted by atomic mass is 127. The Morgan fingerprint density at radius 3 is 2.60 bits per heavy atom. The summed E-state index contributed by atoms with van der Waals surface area (Å²) in [5, 5.41) is 12.2. The van der Waals surface area contributed by atoms with Crippen LogP contribution in [0.5, 0.6) is 0 Å². The van der Waals surface area contributed by atoms with Gasteiger partial charge in [-0.2, -0.15) is 0 Å². The van der Waals surface area contributed by atoms with E-state index in [1.165, 1.54) is 16.3 Å². The summed E-state index contributed by atoms with van der Waals surface area (Å²) in [5.74, 6) is 0.970. The molecule has 0 bridgehead atoms. The van der Waals surface area contributed by atoms with Gasteiger partial charge in [-0.25, -0.2) is 0 Å². The Morgan fingerprint density at radius 1 is 1.13 bits per heavy atom. The van der Waals surface area contributed by atoms with Crippen molar-refractivity contribution in [3.8, 4) is 0 Å². The first kappa shape index (κ1) is 24.4. The second-order valence-corrected chi connectivity index (χ2v) is 7.52. The Bertz CT molecular complexity index is 828. The monoisotopic (exact) mass is 523 g/mol. The number of benzene rings is 2. The number of carbonyl (C=O) groups excluding carboxylic acids is 1. The minimum atomic E-state index is 0. The number of halogens is 1. The fraction of sp³-hybridized carbons (Fsp3) is 0.478. The Hall–Kier alpha value is -1.87. The van der Waals surface area contributed by atoms with Gasteiger partial charge in [0.2, 0.25) is 5.91 Å². The number of aliphatic imine (C=N–C) groups is 1. The van der Waals surface area contributed by atoms with E-state index in [0.717, 1.165) is 51.4 Å². The smallest absolute Gasteiger partial charge is 0.233 e. The van der Waals surface area contributed by atoms with Crippen molar-refractivity contribution in [2.45, 2.75) is 32.2 Å². The molecular weight excluding hydrogens is 489 g/mol. The van der Waals surface area contributed by atoms with Gasteiger partial charge in [-0.1, -0.05) is 42.5 Å². The van der Waals surface area contributed by atoms with Crippen molar-refractivity contribution in [2.75, 3.05) is 39.8 Å². The van der Waals surface area contributed by atoms with Crippen LogP contribution < -0.4 is 16.0 Å². The fourth-order valence-electron chi connectivity index (χ4n) is 3.83. The van der Waals surface area contributed by atoms with Gasteiger partial charge in [-0.15, -0.1) is 24.0 Å². The van der Waals surface area contributed by atoms with Crippen LogP contribution in [0, 0.1) is 0 Å². The molecule has 1 fully saturated rings. The lowest BCUT2D eigenvalue weighted by Crippen LogP contribution is -2.50. The van der Waals surface area contributed by atoms with E-state index in [2.05, 4.69) is 70.2 Å². The Labute approximate surface area is 196 Å². The number of piperidine rings is 1. The van der Waals surface area contributed by atoms with Crippen molar-refractivity contribution >= 4 is 46.6 Å². The minimum absolute atomic E-state index is 0. The maximum Gasteiger partial charge on any atom is 0.233 e. The second-order valence-electron chi connectivity index (χ2n) is 7.52. The number of rotatable bonds is 7. The van der Waals surface area contributed by atoms with Gasteiger partial charge in [-0.3, -0.25) is 14.7 Å². The summed E-state index contributed by atoms with van der Waals surface area (Å²) < 4.78 is 0. The lowest BCUT2D eigenvalue weighted by atomic mass is 10.0. The Kier molecular flexibility index (Phi) is 10.4. The van der Waals surface area contributed by atoms with E-state index in [0.29, 0.717) is 12.6 Å². The third-order valence-electron chi connectivity index (χ3n) is 5.45. The normalized spacial score (nSPS) is 15.5. The highest BCUT2D eigenvalue weighted by Gasteiger charge is 2.21. The molecule has 1 aliphatic rings. The maximum atomic E-state index is 11.5. The quantitative estimate of drug-likeness (QED) is 0.297. The second kappa shape index (κ2) is 12.7. The first-order valence-electron chi connectivity index (χ1n) is 10.6. The summed E-state index contributed by atoms with van der Waals surface area (Å²) in [7, 11) is 1.69. The molecule has 0 radical (unpaired) electrons. The SMILES string of the molecule is CCNC(=NCCc1cccc2ccccc12)NC1CCN(CC(=O)NC)CC1.I. The van der Waals surface area contributed by atoms with E-state index in [-0.39, 0.29) is 29.9 Å². The standard InChI is InChI=1S/C23H33N5O.HI/c1-3-25-23(27-20-12-15-28(16-13-20)17-22(29)24-2)26-14-11-19-9-6-8-18-7-4-5-10-21(18)19;/h4-10,20H,3,11-17H2,1-2H3,(H,24,29)(H2,25,26,27);1H. The van der Waals surface area contributed by atoms with Gasteiger partial charge in [-0.05, 0) is 42.5 Å². The van der Waals surface area contributed by atoms with Gasteiger partial charge in [0, 0.05) is 39.3 Å². The Morgan fingerprint density at radius 2 is 1.87 bits per heavy atom. The van der Waals surface area contributed by atoms with Crippen LogP contribution in [-0.4, -0.2) is 62.6 Å². The number of fused-ring (bicyclic) bond motifs is 1. The van der Waals surface area contributed by atoms with Crippen molar-refractivity contribution in [1.29, 1.82) is 0 Å². The van der Waals surface area contributed by atoms with Crippen molar-refractivity contribution in [1.82, 2.24) is 20.9 Å². The van der Waals surface area contributed by atoms with Crippen LogP contribution in [-0.2, 0) is 11.2 Å². The van der Waals surface area contributed by atoms with Gasteiger partial charge in [0.15, 0.2) is 5.96 Å². The van der Waals surface area contributed by atoms with Crippen LogP contribution in [0.3, 0.4) is 0 Å². The van der Waals surface area contributed by atoms with Gasteiger partial charge in [0.25, 0.3) is 0 Å².